The summed E-state index contributed by atoms with van der Waals surface area (Å²) in [5.74, 6) is 0.738. The van der Waals surface area contributed by atoms with Crippen LogP contribution in [0.1, 0.15) is 5.56 Å². The van der Waals surface area contributed by atoms with Crippen LogP contribution in [0.2, 0.25) is 0 Å². The Bertz CT molecular complexity index is 1250. The number of carbonyl (C=O) groups is 1. The molecule has 0 saturated heterocycles. The molecule has 0 spiro atoms. The van der Waals surface area contributed by atoms with Crippen LogP contribution in [-0.4, -0.2) is 39.1 Å². The van der Waals surface area contributed by atoms with E-state index in [0.717, 1.165) is 9.99 Å². The molecule has 30 heavy (non-hydrogen) atoms. The van der Waals surface area contributed by atoms with Gasteiger partial charge in [-0.05, 0) is 40.6 Å². The van der Waals surface area contributed by atoms with Crippen molar-refractivity contribution in [3.8, 4) is 17.3 Å². The number of nitrogen functional groups attached to an aromatic ring is 1. The van der Waals surface area contributed by atoms with Crippen LogP contribution in [0.25, 0.3) is 22.6 Å². The number of nitrogens with zero attached hydrogens (tertiary/aromatic N) is 5. The monoisotopic (exact) mass is 469 g/mol. The number of rotatable bonds is 6. The molecular weight excluding hydrogens is 454 g/mol. The average Bonchev–Trinajstić information content (AvgIpc) is 3.31. The Morgan fingerprint density at radius 3 is 2.93 bits per heavy atom. The van der Waals surface area contributed by atoms with Gasteiger partial charge >= 0.3 is 0 Å². The van der Waals surface area contributed by atoms with Gasteiger partial charge in [-0.15, -0.1) is 0 Å². The maximum Gasteiger partial charge on any atom is 0.260 e. The number of fused-ring (bicyclic) bond motifs is 1. The Labute approximate surface area is 178 Å². The molecule has 2 heterocycles. The van der Waals surface area contributed by atoms with Gasteiger partial charge in [0.2, 0.25) is 0 Å². The quantitative estimate of drug-likeness (QED) is 0.327. The molecule has 2 aromatic heterocycles. The molecule has 0 saturated carbocycles. The summed E-state index contributed by atoms with van der Waals surface area (Å²) in [6.45, 7) is -0.0604. The van der Waals surface area contributed by atoms with Crippen molar-refractivity contribution in [3.63, 3.8) is 0 Å². The fourth-order valence-corrected chi connectivity index (χ4v) is 3.30. The molecule has 0 radical (unpaired) electrons. The number of amides is 1. The Morgan fingerprint density at radius 2 is 2.17 bits per heavy atom. The number of hydrogen-bond donors (Lipinski definition) is 2. The van der Waals surface area contributed by atoms with E-state index in [1.807, 2.05) is 36.4 Å². The first-order valence-corrected chi connectivity index (χ1v) is 9.55. The van der Waals surface area contributed by atoms with Gasteiger partial charge in [-0.3, -0.25) is 4.79 Å². The number of anilines is 1. The van der Waals surface area contributed by atoms with E-state index < -0.39 is 0 Å². The molecule has 0 bridgehead atoms. The van der Waals surface area contributed by atoms with Crippen LogP contribution in [0.3, 0.4) is 0 Å². The van der Waals surface area contributed by atoms with Crippen LogP contribution in [0.5, 0.6) is 5.75 Å². The predicted molar refractivity (Wildman–Crippen MR) is 114 cm³/mol. The molecule has 4 aromatic rings. The highest BCUT2D eigenvalue weighted by Crippen LogP contribution is 2.26. The number of imidazole rings is 1. The highest BCUT2D eigenvalue weighted by molar-refractivity contribution is 9.10. The Balaban J connectivity index is 1.58. The van der Waals surface area contributed by atoms with Gasteiger partial charge in [-0.2, -0.15) is 5.10 Å². The topological polar surface area (TPSA) is 133 Å². The largest absolute Gasteiger partial charge is 0.496 e. The van der Waals surface area contributed by atoms with E-state index in [1.165, 1.54) is 6.21 Å². The van der Waals surface area contributed by atoms with E-state index >= 15 is 0 Å². The second-order valence-corrected chi connectivity index (χ2v) is 7.10. The normalized spacial score (nSPS) is 11.3. The molecule has 11 heteroatoms. The number of hydrogen-bond acceptors (Lipinski definition) is 8. The minimum absolute atomic E-state index is 0.0604. The number of methoxy groups -OCH3 is 1. The van der Waals surface area contributed by atoms with E-state index in [2.05, 4.69) is 46.4 Å². The van der Waals surface area contributed by atoms with E-state index in [4.69, 9.17) is 10.5 Å². The van der Waals surface area contributed by atoms with Crippen molar-refractivity contribution in [1.82, 2.24) is 25.3 Å². The molecular formula is C19H16BrN7O3. The smallest absolute Gasteiger partial charge is 0.260 e. The molecule has 3 N–H and O–H groups in total. The molecule has 0 aliphatic carbocycles. The van der Waals surface area contributed by atoms with Crippen molar-refractivity contribution in [3.05, 3.63) is 52.5 Å². The Morgan fingerprint density at radius 1 is 1.33 bits per heavy atom. The summed E-state index contributed by atoms with van der Waals surface area (Å²) in [7, 11) is 1.56. The number of hydrazone groups is 1. The summed E-state index contributed by atoms with van der Waals surface area (Å²) in [6, 6.07) is 12.9. The summed E-state index contributed by atoms with van der Waals surface area (Å²) in [5.41, 5.74) is 10.7. The molecule has 0 fully saturated rings. The predicted octanol–water partition coefficient (Wildman–Crippen LogP) is 2.59. The lowest BCUT2D eigenvalue weighted by Crippen LogP contribution is -2.23. The van der Waals surface area contributed by atoms with Crippen LogP contribution in [0.4, 0.5) is 5.82 Å². The number of aromatic nitrogens is 4. The third-order valence-electron chi connectivity index (χ3n) is 4.27. The molecule has 0 atom stereocenters. The Kier molecular flexibility index (Phi) is 5.44. The number of halogens is 1. The number of ether oxygens (including phenoxy) is 1. The van der Waals surface area contributed by atoms with Gasteiger partial charge < -0.3 is 15.0 Å². The van der Waals surface area contributed by atoms with Crippen LogP contribution in [-0.2, 0) is 11.3 Å². The summed E-state index contributed by atoms with van der Waals surface area (Å²) in [6.07, 6.45) is 1.51. The number of benzene rings is 2. The first-order chi connectivity index (χ1) is 14.6. The number of carbonyl (C=O) groups excluding carboxylic acids is 1. The van der Waals surface area contributed by atoms with Gasteiger partial charge in [-0.1, -0.05) is 28.1 Å². The highest BCUT2D eigenvalue weighted by Gasteiger charge is 2.20. The number of para-hydroxylation sites is 2. The molecule has 4 rings (SSSR count). The molecule has 0 aliphatic rings. The first kappa shape index (κ1) is 19.6. The zero-order valence-electron chi connectivity index (χ0n) is 15.7. The summed E-state index contributed by atoms with van der Waals surface area (Å²) in [5, 5.41) is 11.4. The second kappa shape index (κ2) is 8.33. The van der Waals surface area contributed by atoms with Gasteiger partial charge in [-0.25, -0.2) is 15.0 Å². The summed E-state index contributed by atoms with van der Waals surface area (Å²) in [4.78, 5) is 17.1. The van der Waals surface area contributed by atoms with Crippen molar-refractivity contribution in [2.45, 2.75) is 6.54 Å². The van der Waals surface area contributed by atoms with Crippen LogP contribution in [0, 0.1) is 0 Å². The zero-order valence-corrected chi connectivity index (χ0v) is 17.3. The first-order valence-electron chi connectivity index (χ1n) is 8.76. The van der Waals surface area contributed by atoms with Crippen LogP contribution < -0.4 is 15.9 Å². The molecule has 152 valence electrons. The van der Waals surface area contributed by atoms with Crippen molar-refractivity contribution in [2.75, 3.05) is 12.8 Å². The third kappa shape index (κ3) is 3.87. The Hall–Kier alpha value is -3.73. The second-order valence-electron chi connectivity index (χ2n) is 6.19. The van der Waals surface area contributed by atoms with Crippen molar-refractivity contribution < 1.29 is 14.2 Å². The molecule has 2 aromatic carbocycles. The van der Waals surface area contributed by atoms with Crippen molar-refractivity contribution in [2.24, 2.45) is 5.10 Å². The van der Waals surface area contributed by atoms with Gasteiger partial charge in [0, 0.05) is 10.0 Å². The maximum atomic E-state index is 12.6. The maximum absolute atomic E-state index is 12.6. The lowest BCUT2D eigenvalue weighted by molar-refractivity contribution is -0.121. The summed E-state index contributed by atoms with van der Waals surface area (Å²) >= 11 is 3.40. The van der Waals surface area contributed by atoms with Gasteiger partial charge in [0.15, 0.2) is 17.3 Å². The van der Waals surface area contributed by atoms with Gasteiger partial charge in [0.1, 0.15) is 12.3 Å². The van der Waals surface area contributed by atoms with E-state index in [-0.39, 0.29) is 24.0 Å². The van der Waals surface area contributed by atoms with Crippen LogP contribution in [0.15, 0.2) is 56.7 Å². The molecule has 1 amide bonds. The lowest BCUT2D eigenvalue weighted by atomic mass is 10.2. The number of nitrogens with one attached hydrogen (secondary N) is 1. The number of nitrogens with two attached hydrogens (primary N) is 1. The van der Waals surface area contributed by atoms with E-state index in [0.29, 0.717) is 22.7 Å². The molecule has 0 unspecified atom stereocenters. The minimum atomic E-state index is -0.361. The highest BCUT2D eigenvalue weighted by atomic mass is 79.9. The van der Waals surface area contributed by atoms with E-state index in [1.54, 1.807) is 17.7 Å². The third-order valence-corrected chi connectivity index (χ3v) is 4.76. The van der Waals surface area contributed by atoms with Gasteiger partial charge in [0.05, 0.1) is 24.4 Å². The lowest BCUT2D eigenvalue weighted by Gasteiger charge is -2.07. The van der Waals surface area contributed by atoms with Gasteiger partial charge in [0.25, 0.3) is 5.91 Å². The van der Waals surface area contributed by atoms with Crippen molar-refractivity contribution >= 4 is 44.9 Å². The summed E-state index contributed by atoms with van der Waals surface area (Å²) < 4.78 is 12.5. The minimum Gasteiger partial charge on any atom is -0.496 e. The fourth-order valence-electron chi connectivity index (χ4n) is 2.93. The molecule has 10 nitrogen and oxygen atoms in total. The fraction of sp³-hybridized carbons (Fsp3) is 0.105. The van der Waals surface area contributed by atoms with Crippen molar-refractivity contribution in [1.29, 1.82) is 0 Å². The standard InChI is InChI=1S/C19H16BrN7O3/c1-29-15-7-6-12(20)8-11(15)9-22-24-16(28)10-27-14-5-3-2-4-13(14)23-19(27)17-18(21)26-30-25-17/h2-9H,10H2,1H3,(H2,21,26)(H,24,28)/b22-9+. The molecule has 0 aliphatic heterocycles. The average molecular weight is 470 g/mol. The van der Waals surface area contributed by atoms with Crippen LogP contribution >= 0.6 is 15.9 Å². The van der Waals surface area contributed by atoms with E-state index in [9.17, 15) is 4.79 Å². The zero-order chi connectivity index (χ0) is 21.1. The SMILES string of the molecule is COc1ccc(Br)cc1/C=N/NC(=O)Cn1c(-c2nonc2N)nc2ccccc21.